The quantitative estimate of drug-likeness (QED) is 0.100. The molecule has 6 N–H and O–H groups in total. The highest BCUT2D eigenvalue weighted by Crippen LogP contribution is 2.38. The van der Waals surface area contributed by atoms with E-state index >= 15 is 0 Å². The highest BCUT2D eigenvalue weighted by Gasteiger charge is 2.26. The van der Waals surface area contributed by atoms with Crippen molar-refractivity contribution in [2.75, 3.05) is 0 Å². The number of rotatable bonds is 10. The third kappa shape index (κ3) is 6.36. The topological polar surface area (TPSA) is 164 Å². The van der Waals surface area contributed by atoms with Gasteiger partial charge in [0.2, 0.25) is 0 Å². The van der Waals surface area contributed by atoms with Gasteiger partial charge in [-0.25, -0.2) is 9.59 Å². The van der Waals surface area contributed by atoms with Crippen LogP contribution >= 0.6 is 0 Å². The van der Waals surface area contributed by atoms with E-state index in [0.29, 0.717) is 30.4 Å². The van der Waals surface area contributed by atoms with E-state index in [0.717, 1.165) is 78.7 Å². The maximum Gasteiger partial charge on any atom is 0.335 e. The Hall–Kier alpha value is -6.16. The van der Waals surface area contributed by atoms with Gasteiger partial charge in [0.05, 0.1) is 11.1 Å². The first-order valence-corrected chi connectivity index (χ1v) is 16.9. The molecule has 0 aliphatic carbocycles. The summed E-state index contributed by atoms with van der Waals surface area (Å²) in [6.45, 7) is 11.7. The van der Waals surface area contributed by atoms with Crippen LogP contribution in [0.1, 0.15) is 95.2 Å². The fraction of sp³-hybridized carbons (Fsp3) is 0.220. The van der Waals surface area contributed by atoms with Gasteiger partial charge in [-0.15, -0.1) is 0 Å². The van der Waals surface area contributed by atoms with Gasteiger partial charge in [-0.3, -0.25) is 9.59 Å². The number of aromatic amines is 2. The minimum atomic E-state index is -1.01. The van der Waals surface area contributed by atoms with Crippen molar-refractivity contribution in [3.63, 3.8) is 0 Å². The second-order valence-electron chi connectivity index (χ2n) is 12.9. The van der Waals surface area contributed by atoms with Gasteiger partial charge in [0.25, 0.3) is 11.8 Å². The van der Waals surface area contributed by atoms with Crippen molar-refractivity contribution in [2.45, 2.75) is 60.8 Å². The van der Waals surface area contributed by atoms with Crippen molar-refractivity contribution >= 4 is 35.9 Å². The molecule has 10 nitrogen and oxygen atoms in total. The lowest BCUT2D eigenvalue weighted by Crippen LogP contribution is -2.15. The van der Waals surface area contributed by atoms with Crippen LogP contribution in [0.4, 0.5) is 0 Å². The molecule has 0 unspecified atom stereocenters. The number of carboxylic acid groups (broad SMARTS) is 2. The highest BCUT2D eigenvalue weighted by molar-refractivity contribution is 6.02. The Morgan fingerprint density at radius 2 is 0.961 bits per heavy atom. The predicted molar refractivity (Wildman–Crippen MR) is 197 cm³/mol. The molecule has 4 aromatic rings. The summed E-state index contributed by atoms with van der Waals surface area (Å²) >= 11 is 0. The maximum atomic E-state index is 12.6. The van der Waals surface area contributed by atoms with Gasteiger partial charge in [0, 0.05) is 62.9 Å². The molecule has 0 fully saturated rings. The Bertz CT molecular complexity index is 2100. The Kier molecular flexibility index (Phi) is 9.27. The minimum Gasteiger partial charge on any atom is -0.478 e. The number of hydrogen-bond donors (Lipinski definition) is 6. The van der Waals surface area contributed by atoms with Crippen molar-refractivity contribution in [1.82, 2.24) is 20.6 Å². The lowest BCUT2D eigenvalue weighted by Gasteiger charge is -2.10. The molecule has 0 atom stereocenters. The first-order chi connectivity index (χ1) is 24.3. The number of aromatic nitrogens is 2. The molecule has 4 heterocycles. The summed E-state index contributed by atoms with van der Waals surface area (Å²) in [5.41, 5.74) is 13.7. The number of H-pyrrole nitrogens is 2. The zero-order valence-electron chi connectivity index (χ0n) is 29.4. The van der Waals surface area contributed by atoms with Gasteiger partial charge in [0.1, 0.15) is 0 Å². The molecular formula is C41H40N4O6. The van der Waals surface area contributed by atoms with Crippen LogP contribution in [0.2, 0.25) is 0 Å². The van der Waals surface area contributed by atoms with E-state index in [9.17, 15) is 29.4 Å². The molecule has 10 heteroatoms. The van der Waals surface area contributed by atoms with Crippen molar-refractivity contribution < 1.29 is 29.4 Å². The number of hydrogen-bond acceptors (Lipinski definition) is 4. The maximum absolute atomic E-state index is 12.6. The van der Waals surface area contributed by atoms with Crippen LogP contribution in [0, 0.1) is 13.8 Å². The summed E-state index contributed by atoms with van der Waals surface area (Å²) in [4.78, 5) is 55.8. The number of carboxylic acids is 2. The monoisotopic (exact) mass is 684 g/mol. The van der Waals surface area contributed by atoms with E-state index < -0.39 is 11.9 Å². The molecule has 0 radical (unpaired) electrons. The van der Waals surface area contributed by atoms with Gasteiger partial charge < -0.3 is 30.8 Å². The summed E-state index contributed by atoms with van der Waals surface area (Å²) < 4.78 is 0. The molecule has 51 heavy (non-hydrogen) atoms. The molecule has 260 valence electrons. The number of carbonyl (C=O) groups is 4. The molecule has 0 bridgehead atoms. The number of allylic oxidation sites excluding steroid dienone is 2. The number of amides is 2. The lowest BCUT2D eigenvalue weighted by atomic mass is 9.94. The van der Waals surface area contributed by atoms with Gasteiger partial charge in [-0.1, -0.05) is 38.1 Å². The van der Waals surface area contributed by atoms with Gasteiger partial charge in [0.15, 0.2) is 0 Å². The summed E-state index contributed by atoms with van der Waals surface area (Å²) in [6, 6.07) is 13.5. The second-order valence-corrected chi connectivity index (χ2v) is 12.9. The number of aromatic carboxylic acids is 2. The molecular weight excluding hydrogens is 644 g/mol. The molecule has 2 aliphatic heterocycles. The van der Waals surface area contributed by atoms with Crippen molar-refractivity contribution in [2.24, 2.45) is 0 Å². The third-order valence-electron chi connectivity index (χ3n) is 9.94. The Morgan fingerprint density at radius 1 is 0.608 bits per heavy atom. The van der Waals surface area contributed by atoms with Gasteiger partial charge >= 0.3 is 11.9 Å². The van der Waals surface area contributed by atoms with Crippen LogP contribution in [0.25, 0.3) is 34.4 Å². The van der Waals surface area contributed by atoms with E-state index in [2.05, 4.69) is 20.6 Å². The molecule has 2 aromatic carbocycles. The molecule has 2 amide bonds. The summed E-state index contributed by atoms with van der Waals surface area (Å²) in [5.74, 6) is -2.27. The van der Waals surface area contributed by atoms with E-state index in [1.165, 1.54) is 0 Å². The molecule has 2 aromatic heterocycles. The summed E-state index contributed by atoms with van der Waals surface area (Å²) in [6.07, 6.45) is 5.67. The van der Waals surface area contributed by atoms with Gasteiger partial charge in [-0.05, 0) is 110 Å². The van der Waals surface area contributed by atoms with Crippen LogP contribution in [0.15, 0.2) is 82.2 Å². The third-order valence-corrected chi connectivity index (χ3v) is 9.94. The molecule has 6 rings (SSSR count). The molecule has 0 saturated heterocycles. The van der Waals surface area contributed by atoms with Gasteiger partial charge in [-0.2, -0.15) is 0 Å². The van der Waals surface area contributed by atoms with Crippen molar-refractivity contribution in [3.05, 3.63) is 127 Å². The SMILES string of the molecule is CCC1=C(C)C(=O)N/C1=C\c1[nH]c(Cc2[nH]c(/C=C3\NC(=O)C(C)=C3CC)c(C)c2-c2ccc(C(=O)O)cc2)c(-c2ccc(C(=O)O)cc2)c1C. The smallest absolute Gasteiger partial charge is 0.335 e. The molecule has 0 saturated carbocycles. The fourth-order valence-corrected chi connectivity index (χ4v) is 7.14. The standard InChI is InChI=1S/C41H40N4O6/c1-7-28-20(3)38(46)44-32(28)17-30-22(5)36(24-9-13-26(14-10-24)40(48)49)34(42-30)19-35-37(25-11-15-27(16-12-25)41(50)51)23(6)31(43-35)18-33-29(8-2)21(4)39(47)45-33/h9-18,42-43H,7-8,19H2,1-6H3,(H,44,46)(H,45,47)(H,48,49)(H,50,51)/b32-17-,33-18-. The fourth-order valence-electron chi connectivity index (χ4n) is 7.14. The Morgan fingerprint density at radius 3 is 1.27 bits per heavy atom. The lowest BCUT2D eigenvalue weighted by molar-refractivity contribution is -0.117. The largest absolute Gasteiger partial charge is 0.478 e. The van der Waals surface area contributed by atoms with Crippen LogP contribution in [-0.2, 0) is 16.0 Å². The Labute approximate surface area is 295 Å². The van der Waals surface area contributed by atoms with Crippen LogP contribution < -0.4 is 10.6 Å². The van der Waals surface area contributed by atoms with Crippen LogP contribution in [0.3, 0.4) is 0 Å². The average Bonchev–Trinajstić information content (AvgIpc) is 3.76. The zero-order chi connectivity index (χ0) is 36.7. The zero-order valence-corrected chi connectivity index (χ0v) is 29.4. The molecule has 0 spiro atoms. The van der Waals surface area contributed by atoms with E-state index in [1.807, 2.05) is 53.7 Å². The number of carbonyl (C=O) groups excluding carboxylic acids is 2. The summed E-state index contributed by atoms with van der Waals surface area (Å²) in [5, 5.41) is 25.1. The van der Waals surface area contributed by atoms with E-state index in [4.69, 9.17) is 0 Å². The number of benzene rings is 2. The normalized spacial score (nSPS) is 16.1. The average molecular weight is 685 g/mol. The predicted octanol–water partition coefficient (Wildman–Crippen LogP) is 7.68. The van der Waals surface area contributed by atoms with Crippen molar-refractivity contribution in [1.29, 1.82) is 0 Å². The molecule has 2 aliphatic rings. The van der Waals surface area contributed by atoms with Crippen molar-refractivity contribution in [3.8, 4) is 22.3 Å². The number of nitrogens with one attached hydrogen (secondary N) is 4. The van der Waals surface area contributed by atoms with E-state index in [-0.39, 0.29) is 22.9 Å². The summed E-state index contributed by atoms with van der Waals surface area (Å²) in [7, 11) is 0. The van der Waals surface area contributed by atoms with E-state index in [1.54, 1.807) is 48.5 Å². The minimum absolute atomic E-state index is 0.121. The van der Waals surface area contributed by atoms with Crippen LogP contribution in [-0.4, -0.2) is 43.9 Å². The first-order valence-electron chi connectivity index (χ1n) is 16.9. The Balaban J connectivity index is 1.54. The first kappa shape index (κ1) is 34.7. The second kappa shape index (κ2) is 13.6. The van der Waals surface area contributed by atoms with Crippen LogP contribution in [0.5, 0.6) is 0 Å². The highest BCUT2D eigenvalue weighted by atomic mass is 16.4.